The highest BCUT2D eigenvalue weighted by atomic mass is 32.1. The summed E-state index contributed by atoms with van der Waals surface area (Å²) in [4.78, 5) is 34.3. The monoisotopic (exact) mass is 331 g/mol. The van der Waals surface area contributed by atoms with Gasteiger partial charge in [0.2, 0.25) is 0 Å². The molecule has 0 aliphatic carbocycles. The number of rotatable bonds is 5. The third-order valence-electron chi connectivity index (χ3n) is 3.28. The van der Waals surface area contributed by atoms with Crippen LogP contribution < -0.4 is 10.9 Å². The average molecular weight is 331 g/mol. The van der Waals surface area contributed by atoms with E-state index in [1.54, 1.807) is 17.5 Å². The number of thiazole rings is 1. The molecule has 8 nitrogen and oxygen atoms in total. The largest absolute Gasteiger partial charge is 0.379 e. The number of nitro benzene ring substituents is 1. The molecule has 0 saturated heterocycles. The van der Waals surface area contributed by atoms with Gasteiger partial charge in [-0.05, 0) is 13.0 Å². The van der Waals surface area contributed by atoms with Crippen molar-refractivity contribution in [2.24, 2.45) is 0 Å². The number of hydrogen-bond donors (Lipinski definition) is 2. The summed E-state index contributed by atoms with van der Waals surface area (Å²) < 4.78 is 0. The first-order valence-electron chi connectivity index (χ1n) is 6.85. The first-order valence-corrected chi connectivity index (χ1v) is 7.67. The topological polar surface area (TPSA) is 114 Å². The number of nitrogens with zero attached hydrogens (tertiary/aromatic N) is 3. The van der Waals surface area contributed by atoms with Crippen molar-refractivity contribution < 1.29 is 4.92 Å². The molecule has 0 fully saturated rings. The van der Waals surface area contributed by atoms with Gasteiger partial charge in [0.1, 0.15) is 5.69 Å². The van der Waals surface area contributed by atoms with Crippen LogP contribution in [0.4, 0.5) is 11.4 Å². The summed E-state index contributed by atoms with van der Waals surface area (Å²) in [7, 11) is 0. The Hall–Kier alpha value is -2.81. The van der Waals surface area contributed by atoms with E-state index in [2.05, 4.69) is 20.3 Å². The van der Waals surface area contributed by atoms with Gasteiger partial charge >= 0.3 is 0 Å². The molecule has 3 rings (SSSR count). The molecule has 0 spiro atoms. The number of benzene rings is 1. The van der Waals surface area contributed by atoms with Gasteiger partial charge in [-0.15, -0.1) is 11.3 Å². The Kier molecular flexibility index (Phi) is 4.02. The molecule has 2 N–H and O–H groups in total. The van der Waals surface area contributed by atoms with E-state index >= 15 is 0 Å². The third kappa shape index (κ3) is 3.19. The van der Waals surface area contributed by atoms with Crippen molar-refractivity contribution in [2.45, 2.75) is 13.3 Å². The van der Waals surface area contributed by atoms with E-state index in [1.807, 2.05) is 6.92 Å². The molecule has 0 aliphatic rings. The zero-order valence-electron chi connectivity index (χ0n) is 12.2. The van der Waals surface area contributed by atoms with E-state index in [4.69, 9.17) is 0 Å². The number of H-pyrrole nitrogens is 1. The van der Waals surface area contributed by atoms with Gasteiger partial charge < -0.3 is 10.3 Å². The summed E-state index contributed by atoms with van der Waals surface area (Å²) in [5.41, 5.74) is 0.204. The molecule has 2 aromatic heterocycles. The molecule has 118 valence electrons. The summed E-state index contributed by atoms with van der Waals surface area (Å²) in [6.45, 7) is 2.48. The second-order valence-corrected chi connectivity index (χ2v) is 6.24. The lowest BCUT2D eigenvalue weighted by atomic mass is 10.2. The number of hydrogen-bond acceptors (Lipinski definition) is 7. The molecule has 3 aromatic rings. The van der Waals surface area contributed by atoms with Crippen LogP contribution in [0.15, 0.2) is 29.5 Å². The minimum atomic E-state index is -0.512. The zero-order chi connectivity index (χ0) is 16.4. The molecule has 9 heteroatoms. The summed E-state index contributed by atoms with van der Waals surface area (Å²) in [5, 5.41) is 15.4. The molecule has 1 aromatic carbocycles. The molecule has 0 amide bonds. The Balaban J connectivity index is 1.88. The van der Waals surface area contributed by atoms with Gasteiger partial charge in [0.25, 0.3) is 11.2 Å². The fourth-order valence-electron chi connectivity index (χ4n) is 2.22. The summed E-state index contributed by atoms with van der Waals surface area (Å²) in [6.07, 6.45) is 3.74. The Morgan fingerprint density at radius 1 is 1.39 bits per heavy atom. The van der Waals surface area contributed by atoms with Gasteiger partial charge in [0, 0.05) is 30.1 Å². The smallest absolute Gasteiger partial charge is 0.293 e. The fraction of sp³-hybridized carbons (Fsp3) is 0.214. The van der Waals surface area contributed by atoms with Crippen molar-refractivity contribution in [3.8, 4) is 0 Å². The van der Waals surface area contributed by atoms with Crippen LogP contribution in [-0.2, 0) is 6.42 Å². The van der Waals surface area contributed by atoms with Gasteiger partial charge in [-0.2, -0.15) is 0 Å². The van der Waals surface area contributed by atoms with Crippen molar-refractivity contribution >= 4 is 33.6 Å². The van der Waals surface area contributed by atoms with Crippen LogP contribution in [0.2, 0.25) is 0 Å². The number of aryl methyl sites for hydroxylation is 1. The molecule has 0 aliphatic heterocycles. The number of nitrogens with one attached hydrogen (secondary N) is 2. The van der Waals surface area contributed by atoms with Crippen LogP contribution in [0.25, 0.3) is 10.9 Å². The van der Waals surface area contributed by atoms with Crippen molar-refractivity contribution in [3.63, 3.8) is 0 Å². The molecule has 0 radical (unpaired) electrons. The zero-order valence-corrected chi connectivity index (χ0v) is 13.0. The molecule has 0 unspecified atom stereocenters. The van der Waals surface area contributed by atoms with E-state index in [0.717, 1.165) is 9.88 Å². The van der Waals surface area contributed by atoms with E-state index in [1.165, 1.54) is 18.5 Å². The lowest BCUT2D eigenvalue weighted by Crippen LogP contribution is -2.10. The van der Waals surface area contributed by atoms with Crippen LogP contribution >= 0.6 is 11.3 Å². The van der Waals surface area contributed by atoms with E-state index in [0.29, 0.717) is 24.2 Å². The molecule has 0 atom stereocenters. The van der Waals surface area contributed by atoms with Gasteiger partial charge in [-0.25, -0.2) is 9.97 Å². The molecule has 23 heavy (non-hydrogen) atoms. The van der Waals surface area contributed by atoms with Crippen molar-refractivity contribution in [3.05, 3.63) is 55.0 Å². The fourth-order valence-corrected chi connectivity index (χ4v) is 3.00. The van der Waals surface area contributed by atoms with Gasteiger partial charge in [-0.1, -0.05) is 0 Å². The Morgan fingerprint density at radius 3 is 2.91 bits per heavy atom. The predicted octanol–water partition coefficient (Wildman–Crippen LogP) is 2.25. The quantitative estimate of drug-likeness (QED) is 0.547. The van der Waals surface area contributed by atoms with Crippen LogP contribution in [-0.4, -0.2) is 26.4 Å². The predicted molar refractivity (Wildman–Crippen MR) is 88.1 cm³/mol. The summed E-state index contributed by atoms with van der Waals surface area (Å²) in [6, 6.07) is 2.77. The second kappa shape index (κ2) is 6.13. The van der Waals surface area contributed by atoms with Crippen LogP contribution in [0.5, 0.6) is 0 Å². The summed E-state index contributed by atoms with van der Waals surface area (Å²) >= 11 is 1.60. The van der Waals surface area contributed by atoms with Crippen LogP contribution in [0, 0.1) is 17.0 Å². The second-order valence-electron chi connectivity index (χ2n) is 4.92. The van der Waals surface area contributed by atoms with Crippen LogP contribution in [0.3, 0.4) is 0 Å². The number of anilines is 1. The average Bonchev–Trinajstić information content (AvgIpc) is 2.92. The SMILES string of the molecule is Cc1cnc(CCNc2cc3nc[nH]c(=O)c3cc2[N+](=O)[O-])s1. The Morgan fingerprint density at radius 2 is 2.22 bits per heavy atom. The number of aromatic amines is 1. The molecular weight excluding hydrogens is 318 g/mol. The lowest BCUT2D eigenvalue weighted by molar-refractivity contribution is -0.383. The van der Waals surface area contributed by atoms with E-state index < -0.39 is 10.5 Å². The van der Waals surface area contributed by atoms with Crippen molar-refractivity contribution in [1.82, 2.24) is 15.0 Å². The minimum absolute atomic E-state index is 0.147. The van der Waals surface area contributed by atoms with Crippen molar-refractivity contribution in [1.29, 1.82) is 0 Å². The maximum Gasteiger partial charge on any atom is 0.293 e. The van der Waals surface area contributed by atoms with Gasteiger partial charge in [-0.3, -0.25) is 14.9 Å². The molecule has 0 saturated carbocycles. The van der Waals surface area contributed by atoms with E-state index in [9.17, 15) is 14.9 Å². The molecular formula is C14H13N5O3S. The number of nitro groups is 1. The van der Waals surface area contributed by atoms with Crippen LogP contribution in [0.1, 0.15) is 9.88 Å². The number of fused-ring (bicyclic) bond motifs is 1. The lowest BCUT2D eigenvalue weighted by Gasteiger charge is -2.07. The first kappa shape index (κ1) is 15.1. The van der Waals surface area contributed by atoms with Gasteiger partial charge in [0.05, 0.1) is 27.2 Å². The summed E-state index contributed by atoms with van der Waals surface area (Å²) in [5.74, 6) is 0. The highest BCUT2D eigenvalue weighted by Gasteiger charge is 2.17. The minimum Gasteiger partial charge on any atom is -0.379 e. The van der Waals surface area contributed by atoms with E-state index in [-0.39, 0.29) is 11.1 Å². The third-order valence-corrected chi connectivity index (χ3v) is 4.25. The maximum atomic E-state index is 11.7. The standard InChI is InChI=1S/C14H13N5O3S/c1-8-6-16-13(23-8)2-3-15-11-5-10-9(4-12(11)19(21)22)14(20)18-7-17-10/h4-7,15H,2-3H2,1H3,(H,17,18,20). The highest BCUT2D eigenvalue weighted by Crippen LogP contribution is 2.27. The number of aromatic nitrogens is 3. The Labute approximate surface area is 134 Å². The maximum absolute atomic E-state index is 11.7. The van der Waals surface area contributed by atoms with Gasteiger partial charge in [0.15, 0.2) is 0 Å². The van der Waals surface area contributed by atoms with Crippen molar-refractivity contribution in [2.75, 3.05) is 11.9 Å². The normalized spacial score (nSPS) is 10.8. The molecule has 2 heterocycles. The first-order chi connectivity index (χ1) is 11.0. The Bertz CT molecular complexity index is 934. The molecule has 0 bridgehead atoms. The highest BCUT2D eigenvalue weighted by molar-refractivity contribution is 7.11.